The molecule has 0 heterocycles. The van der Waals surface area contributed by atoms with E-state index in [4.69, 9.17) is 15.2 Å². The quantitative estimate of drug-likeness (QED) is 0.817. The Labute approximate surface area is 90.2 Å². The topological polar surface area (TPSA) is 44.5 Å². The molecular formula is C12H17NO2. The highest BCUT2D eigenvalue weighted by Gasteiger charge is 2.38. The molecule has 0 amide bonds. The molecule has 15 heavy (non-hydrogen) atoms. The lowest BCUT2D eigenvalue weighted by atomic mass is 10.0. The Morgan fingerprint density at radius 2 is 2.00 bits per heavy atom. The normalized spacial score (nSPS) is 17.3. The molecule has 0 radical (unpaired) electrons. The lowest BCUT2D eigenvalue weighted by Crippen LogP contribution is -2.24. The first-order chi connectivity index (χ1) is 7.18. The zero-order chi connectivity index (χ0) is 10.9. The van der Waals surface area contributed by atoms with Gasteiger partial charge in [0.15, 0.2) is 11.5 Å². The fraction of sp³-hybridized carbons (Fsp3) is 0.500. The molecule has 1 aliphatic rings. The van der Waals surface area contributed by atoms with E-state index in [0.717, 1.165) is 36.3 Å². The van der Waals surface area contributed by atoms with Crippen LogP contribution in [-0.2, 0) is 6.42 Å². The van der Waals surface area contributed by atoms with E-state index in [-0.39, 0.29) is 5.54 Å². The third kappa shape index (κ3) is 2.07. The Balaban J connectivity index is 2.28. The molecule has 0 spiro atoms. The van der Waals surface area contributed by atoms with Gasteiger partial charge in [-0.25, -0.2) is 0 Å². The van der Waals surface area contributed by atoms with Crippen LogP contribution in [0.15, 0.2) is 18.2 Å². The summed E-state index contributed by atoms with van der Waals surface area (Å²) in [5, 5.41) is 0. The highest BCUT2D eigenvalue weighted by Crippen LogP contribution is 2.40. The largest absolute Gasteiger partial charge is 0.493 e. The predicted molar refractivity (Wildman–Crippen MR) is 59.4 cm³/mol. The fourth-order valence-corrected chi connectivity index (χ4v) is 1.81. The highest BCUT2D eigenvalue weighted by molar-refractivity contribution is 5.47. The van der Waals surface area contributed by atoms with Crippen molar-refractivity contribution in [1.82, 2.24) is 0 Å². The fourth-order valence-electron chi connectivity index (χ4n) is 1.81. The minimum Gasteiger partial charge on any atom is -0.493 e. The van der Waals surface area contributed by atoms with Crippen molar-refractivity contribution in [2.24, 2.45) is 5.73 Å². The van der Waals surface area contributed by atoms with Crippen molar-refractivity contribution in [2.45, 2.75) is 24.8 Å². The van der Waals surface area contributed by atoms with E-state index in [9.17, 15) is 0 Å². The minimum atomic E-state index is -0.000352. The first-order valence-corrected chi connectivity index (χ1v) is 5.17. The van der Waals surface area contributed by atoms with Gasteiger partial charge in [-0.15, -0.1) is 0 Å². The summed E-state index contributed by atoms with van der Waals surface area (Å²) in [7, 11) is 3.31. The highest BCUT2D eigenvalue weighted by atomic mass is 16.5. The van der Waals surface area contributed by atoms with Gasteiger partial charge in [0.05, 0.1) is 14.2 Å². The number of ether oxygens (including phenoxy) is 2. The van der Waals surface area contributed by atoms with Gasteiger partial charge in [0.1, 0.15) is 0 Å². The Morgan fingerprint density at radius 3 is 2.53 bits per heavy atom. The van der Waals surface area contributed by atoms with Crippen LogP contribution < -0.4 is 15.2 Å². The van der Waals surface area contributed by atoms with E-state index in [1.165, 1.54) is 0 Å². The molecule has 82 valence electrons. The molecule has 2 rings (SSSR count). The van der Waals surface area contributed by atoms with Gasteiger partial charge in [0.2, 0.25) is 0 Å². The molecule has 3 nitrogen and oxygen atoms in total. The predicted octanol–water partition coefficient (Wildman–Crippen LogP) is 1.74. The summed E-state index contributed by atoms with van der Waals surface area (Å²) in [5.41, 5.74) is 7.23. The third-order valence-corrected chi connectivity index (χ3v) is 2.92. The lowest BCUT2D eigenvalue weighted by molar-refractivity contribution is 0.350. The standard InChI is InChI=1S/C12H17NO2/c1-14-10-5-3-4-9(11(10)15-2)8-12(13)6-7-12/h3-5H,6-8,13H2,1-2H3. The summed E-state index contributed by atoms with van der Waals surface area (Å²) in [6, 6.07) is 5.93. The summed E-state index contributed by atoms with van der Waals surface area (Å²) < 4.78 is 10.6. The van der Waals surface area contributed by atoms with Crippen molar-refractivity contribution >= 4 is 0 Å². The van der Waals surface area contributed by atoms with Crippen LogP contribution in [0.3, 0.4) is 0 Å². The Hall–Kier alpha value is -1.22. The SMILES string of the molecule is COc1cccc(CC2(N)CC2)c1OC. The van der Waals surface area contributed by atoms with Crippen LogP contribution in [0.25, 0.3) is 0 Å². The van der Waals surface area contributed by atoms with Gasteiger partial charge in [0, 0.05) is 5.54 Å². The van der Waals surface area contributed by atoms with Crippen molar-refractivity contribution in [3.63, 3.8) is 0 Å². The van der Waals surface area contributed by atoms with Crippen LogP contribution in [0.4, 0.5) is 0 Å². The van der Waals surface area contributed by atoms with Crippen LogP contribution >= 0.6 is 0 Å². The monoisotopic (exact) mass is 207 g/mol. The molecule has 3 heteroatoms. The van der Waals surface area contributed by atoms with E-state index in [1.807, 2.05) is 18.2 Å². The summed E-state index contributed by atoms with van der Waals surface area (Å²) in [6.07, 6.45) is 3.08. The molecule has 0 saturated heterocycles. The number of benzene rings is 1. The third-order valence-electron chi connectivity index (χ3n) is 2.92. The van der Waals surface area contributed by atoms with Gasteiger partial charge in [-0.05, 0) is 30.9 Å². The smallest absolute Gasteiger partial charge is 0.163 e. The van der Waals surface area contributed by atoms with Crippen LogP contribution in [0, 0.1) is 0 Å². The van der Waals surface area contributed by atoms with Gasteiger partial charge in [0.25, 0.3) is 0 Å². The summed E-state index contributed by atoms with van der Waals surface area (Å²) in [4.78, 5) is 0. The molecule has 1 saturated carbocycles. The second-order valence-corrected chi connectivity index (χ2v) is 4.19. The van der Waals surface area contributed by atoms with E-state index in [0.29, 0.717) is 0 Å². The zero-order valence-electron chi connectivity index (χ0n) is 9.25. The Kier molecular flexibility index (Phi) is 2.57. The molecule has 1 aromatic rings. The van der Waals surface area contributed by atoms with E-state index < -0.39 is 0 Å². The van der Waals surface area contributed by atoms with Crippen LogP contribution in [0.2, 0.25) is 0 Å². The van der Waals surface area contributed by atoms with Gasteiger partial charge < -0.3 is 15.2 Å². The molecule has 0 bridgehead atoms. The first kappa shape index (κ1) is 10.3. The van der Waals surface area contributed by atoms with Crippen molar-refractivity contribution in [3.8, 4) is 11.5 Å². The van der Waals surface area contributed by atoms with Gasteiger partial charge >= 0.3 is 0 Å². The number of nitrogens with two attached hydrogens (primary N) is 1. The lowest BCUT2D eigenvalue weighted by Gasteiger charge is -2.15. The molecule has 1 aliphatic carbocycles. The number of hydrogen-bond acceptors (Lipinski definition) is 3. The average Bonchev–Trinajstić information content (AvgIpc) is 2.95. The molecule has 1 aromatic carbocycles. The maximum absolute atomic E-state index is 6.10. The summed E-state index contributed by atoms with van der Waals surface area (Å²) in [6.45, 7) is 0. The molecule has 0 unspecified atom stereocenters. The summed E-state index contributed by atoms with van der Waals surface area (Å²) >= 11 is 0. The maximum Gasteiger partial charge on any atom is 0.163 e. The van der Waals surface area contributed by atoms with Crippen LogP contribution in [0.1, 0.15) is 18.4 Å². The number of methoxy groups -OCH3 is 2. The minimum absolute atomic E-state index is 0.000352. The second-order valence-electron chi connectivity index (χ2n) is 4.19. The van der Waals surface area contributed by atoms with E-state index in [1.54, 1.807) is 14.2 Å². The molecule has 0 atom stereocenters. The van der Waals surface area contributed by atoms with Crippen molar-refractivity contribution in [1.29, 1.82) is 0 Å². The molecule has 2 N–H and O–H groups in total. The molecule has 1 fully saturated rings. The Bertz CT molecular complexity index is 359. The van der Waals surface area contributed by atoms with Crippen LogP contribution in [-0.4, -0.2) is 19.8 Å². The van der Waals surface area contributed by atoms with Gasteiger partial charge in [-0.1, -0.05) is 12.1 Å². The molecule has 0 aromatic heterocycles. The zero-order valence-corrected chi connectivity index (χ0v) is 9.25. The second kappa shape index (κ2) is 3.74. The Morgan fingerprint density at radius 1 is 1.27 bits per heavy atom. The first-order valence-electron chi connectivity index (χ1n) is 5.17. The van der Waals surface area contributed by atoms with Crippen molar-refractivity contribution in [3.05, 3.63) is 23.8 Å². The van der Waals surface area contributed by atoms with E-state index >= 15 is 0 Å². The number of hydrogen-bond donors (Lipinski definition) is 1. The summed E-state index contributed by atoms with van der Waals surface area (Å²) in [5.74, 6) is 1.59. The maximum atomic E-state index is 6.10. The van der Waals surface area contributed by atoms with Crippen molar-refractivity contribution in [2.75, 3.05) is 14.2 Å². The van der Waals surface area contributed by atoms with E-state index in [2.05, 4.69) is 0 Å². The molecule has 0 aliphatic heterocycles. The number of rotatable bonds is 4. The average molecular weight is 207 g/mol. The number of para-hydroxylation sites is 1. The van der Waals surface area contributed by atoms with Gasteiger partial charge in [-0.3, -0.25) is 0 Å². The van der Waals surface area contributed by atoms with Gasteiger partial charge in [-0.2, -0.15) is 0 Å². The van der Waals surface area contributed by atoms with Crippen LogP contribution in [0.5, 0.6) is 11.5 Å². The van der Waals surface area contributed by atoms with Crippen molar-refractivity contribution < 1.29 is 9.47 Å². The molecular weight excluding hydrogens is 190 g/mol.